The zero-order valence-electron chi connectivity index (χ0n) is 10.5. The van der Waals surface area contributed by atoms with Crippen LogP contribution in [-0.4, -0.2) is 17.9 Å². The summed E-state index contributed by atoms with van der Waals surface area (Å²) in [4.78, 5) is 11.2. The molecule has 0 saturated carbocycles. The van der Waals surface area contributed by atoms with Gasteiger partial charge in [-0.05, 0) is 38.8 Å². The fourth-order valence-electron chi connectivity index (χ4n) is 1.93. The maximum Gasteiger partial charge on any atom is 0.309 e. The molecule has 0 unspecified atom stereocenters. The van der Waals surface area contributed by atoms with E-state index in [1.54, 1.807) is 19.9 Å². The maximum atomic E-state index is 11.2. The van der Waals surface area contributed by atoms with Crippen molar-refractivity contribution in [3.63, 3.8) is 0 Å². The van der Waals surface area contributed by atoms with Gasteiger partial charge in [0.2, 0.25) is 6.79 Å². The van der Waals surface area contributed by atoms with Crippen molar-refractivity contribution in [3.8, 4) is 11.5 Å². The van der Waals surface area contributed by atoms with E-state index in [4.69, 9.17) is 26.2 Å². The quantitative estimate of drug-likeness (QED) is 0.917. The SMILES string of the molecule is Cc1c(Cl)c(CC(C)(C)C(=O)O)cc2c1OCO2. The minimum atomic E-state index is -0.871. The Bertz CT molecular complexity index is 508. The van der Waals surface area contributed by atoms with E-state index in [0.29, 0.717) is 22.9 Å². The van der Waals surface area contributed by atoms with Crippen LogP contribution in [0, 0.1) is 12.3 Å². The van der Waals surface area contributed by atoms with Crippen LogP contribution in [-0.2, 0) is 11.2 Å². The highest BCUT2D eigenvalue weighted by Gasteiger charge is 2.30. The van der Waals surface area contributed by atoms with Gasteiger partial charge in [-0.1, -0.05) is 11.6 Å². The molecule has 1 aromatic carbocycles. The number of carbonyl (C=O) groups is 1. The third kappa shape index (κ3) is 2.12. The Hall–Kier alpha value is -1.42. The van der Waals surface area contributed by atoms with Gasteiger partial charge in [0.25, 0.3) is 0 Å². The summed E-state index contributed by atoms with van der Waals surface area (Å²) in [5.74, 6) is 0.429. The second-order valence-corrected chi connectivity index (χ2v) is 5.45. The summed E-state index contributed by atoms with van der Waals surface area (Å²) in [5, 5.41) is 9.71. The highest BCUT2D eigenvalue weighted by Crippen LogP contribution is 2.42. The van der Waals surface area contributed by atoms with Gasteiger partial charge in [-0.15, -0.1) is 0 Å². The van der Waals surface area contributed by atoms with E-state index in [-0.39, 0.29) is 6.79 Å². The van der Waals surface area contributed by atoms with Crippen LogP contribution in [0.3, 0.4) is 0 Å². The number of carboxylic acid groups (broad SMARTS) is 1. The van der Waals surface area contributed by atoms with Gasteiger partial charge in [0.1, 0.15) is 0 Å². The van der Waals surface area contributed by atoms with E-state index in [1.807, 2.05) is 6.92 Å². The smallest absolute Gasteiger partial charge is 0.309 e. The summed E-state index contributed by atoms with van der Waals surface area (Å²) >= 11 is 6.26. The molecule has 0 spiro atoms. The number of aliphatic carboxylic acids is 1. The zero-order valence-corrected chi connectivity index (χ0v) is 11.3. The van der Waals surface area contributed by atoms with Crippen LogP contribution < -0.4 is 9.47 Å². The molecule has 2 rings (SSSR count). The average molecular weight is 271 g/mol. The molecule has 0 bridgehead atoms. The van der Waals surface area contributed by atoms with E-state index in [1.165, 1.54) is 0 Å². The lowest BCUT2D eigenvalue weighted by Gasteiger charge is -2.20. The van der Waals surface area contributed by atoms with Crippen molar-refractivity contribution in [3.05, 3.63) is 22.2 Å². The van der Waals surface area contributed by atoms with Crippen molar-refractivity contribution in [2.24, 2.45) is 5.41 Å². The monoisotopic (exact) mass is 270 g/mol. The highest BCUT2D eigenvalue weighted by molar-refractivity contribution is 6.32. The lowest BCUT2D eigenvalue weighted by atomic mass is 9.85. The summed E-state index contributed by atoms with van der Waals surface area (Å²) in [6.07, 6.45) is 0.346. The third-order valence-corrected chi connectivity index (χ3v) is 3.64. The van der Waals surface area contributed by atoms with E-state index in [9.17, 15) is 4.79 Å². The van der Waals surface area contributed by atoms with E-state index in [2.05, 4.69) is 0 Å². The molecule has 5 heteroatoms. The van der Waals surface area contributed by atoms with Crippen molar-refractivity contribution in [1.82, 2.24) is 0 Å². The molecule has 0 fully saturated rings. The molecule has 1 N–H and O–H groups in total. The number of ether oxygens (including phenoxy) is 2. The first-order chi connectivity index (χ1) is 8.33. The number of hydrogen-bond donors (Lipinski definition) is 1. The Morgan fingerprint density at radius 2 is 2.17 bits per heavy atom. The predicted molar refractivity (Wildman–Crippen MR) is 67.4 cm³/mol. The molecule has 0 aromatic heterocycles. The van der Waals surface area contributed by atoms with Crippen LogP contribution in [0.25, 0.3) is 0 Å². The molecular formula is C13H15ClO4. The Balaban J connectivity index is 2.41. The van der Waals surface area contributed by atoms with Crippen LogP contribution in [0.5, 0.6) is 11.5 Å². The number of fused-ring (bicyclic) bond motifs is 1. The Kier molecular flexibility index (Phi) is 3.15. The van der Waals surface area contributed by atoms with Gasteiger partial charge >= 0.3 is 5.97 Å². The molecule has 1 aliphatic rings. The number of hydrogen-bond acceptors (Lipinski definition) is 3. The molecule has 1 aromatic rings. The van der Waals surface area contributed by atoms with E-state index in [0.717, 1.165) is 11.1 Å². The summed E-state index contributed by atoms with van der Waals surface area (Å²) in [5.41, 5.74) is 0.692. The fraction of sp³-hybridized carbons (Fsp3) is 0.462. The predicted octanol–water partition coefficient (Wildman–Crippen LogP) is 3.03. The van der Waals surface area contributed by atoms with Crippen LogP contribution in [0.2, 0.25) is 5.02 Å². The lowest BCUT2D eigenvalue weighted by molar-refractivity contribution is -0.146. The van der Waals surface area contributed by atoms with Gasteiger partial charge < -0.3 is 14.6 Å². The number of benzene rings is 1. The Labute approximate surface area is 110 Å². The second-order valence-electron chi connectivity index (χ2n) is 5.07. The lowest BCUT2D eigenvalue weighted by Crippen LogP contribution is -2.26. The van der Waals surface area contributed by atoms with Gasteiger partial charge in [-0.25, -0.2) is 0 Å². The zero-order chi connectivity index (χ0) is 13.5. The van der Waals surface area contributed by atoms with Crippen molar-refractivity contribution in [2.75, 3.05) is 6.79 Å². The number of rotatable bonds is 3. The standard InChI is InChI=1S/C13H15ClO4/c1-7-10(14)8(5-13(2,3)12(15)16)4-9-11(7)18-6-17-9/h4H,5-6H2,1-3H3,(H,15,16). The summed E-state index contributed by atoms with van der Waals surface area (Å²) in [6, 6.07) is 1.77. The van der Waals surface area contributed by atoms with Crippen molar-refractivity contribution in [2.45, 2.75) is 27.2 Å². The number of halogens is 1. The van der Waals surface area contributed by atoms with Gasteiger partial charge in [-0.2, -0.15) is 0 Å². The summed E-state index contributed by atoms with van der Waals surface area (Å²) in [6.45, 7) is 5.36. The Morgan fingerprint density at radius 3 is 2.78 bits per heavy atom. The van der Waals surface area contributed by atoms with Gasteiger partial charge in [0.05, 0.1) is 10.4 Å². The fourth-order valence-corrected chi connectivity index (χ4v) is 2.14. The van der Waals surface area contributed by atoms with E-state index >= 15 is 0 Å². The minimum absolute atomic E-state index is 0.179. The highest BCUT2D eigenvalue weighted by atomic mass is 35.5. The molecule has 0 saturated heterocycles. The van der Waals surface area contributed by atoms with Crippen LogP contribution in [0.15, 0.2) is 6.07 Å². The molecule has 0 atom stereocenters. The van der Waals surface area contributed by atoms with Crippen molar-refractivity contribution >= 4 is 17.6 Å². The largest absolute Gasteiger partial charge is 0.481 e. The minimum Gasteiger partial charge on any atom is -0.481 e. The molecule has 0 aliphatic carbocycles. The van der Waals surface area contributed by atoms with Crippen molar-refractivity contribution in [1.29, 1.82) is 0 Å². The van der Waals surface area contributed by atoms with E-state index < -0.39 is 11.4 Å². The van der Waals surface area contributed by atoms with Crippen LogP contribution in [0.4, 0.5) is 0 Å². The topological polar surface area (TPSA) is 55.8 Å². The molecule has 1 aliphatic heterocycles. The molecule has 1 heterocycles. The van der Waals surface area contributed by atoms with Crippen LogP contribution >= 0.6 is 11.6 Å². The third-order valence-electron chi connectivity index (χ3n) is 3.11. The first-order valence-electron chi connectivity index (χ1n) is 5.64. The second kappa shape index (κ2) is 4.35. The van der Waals surface area contributed by atoms with Crippen molar-refractivity contribution < 1.29 is 19.4 Å². The number of carboxylic acids is 1. The summed E-state index contributed by atoms with van der Waals surface area (Å²) < 4.78 is 10.6. The molecule has 0 amide bonds. The molecule has 4 nitrogen and oxygen atoms in total. The maximum absolute atomic E-state index is 11.2. The Morgan fingerprint density at radius 1 is 1.50 bits per heavy atom. The summed E-state index contributed by atoms with van der Waals surface area (Å²) in [7, 11) is 0. The first-order valence-corrected chi connectivity index (χ1v) is 6.01. The van der Waals surface area contributed by atoms with Gasteiger partial charge in [0, 0.05) is 5.56 Å². The molecule has 18 heavy (non-hydrogen) atoms. The van der Waals surface area contributed by atoms with Crippen LogP contribution in [0.1, 0.15) is 25.0 Å². The molecule has 98 valence electrons. The van der Waals surface area contributed by atoms with Gasteiger partial charge in [0.15, 0.2) is 11.5 Å². The first kappa shape index (κ1) is 13.0. The average Bonchev–Trinajstić information content (AvgIpc) is 2.73. The van der Waals surface area contributed by atoms with Gasteiger partial charge in [-0.3, -0.25) is 4.79 Å². The normalized spacial score (nSPS) is 13.8. The molecular weight excluding hydrogens is 256 g/mol. The molecule has 0 radical (unpaired) electrons.